The van der Waals surface area contributed by atoms with E-state index in [0.29, 0.717) is 0 Å². The molecule has 0 unspecified atom stereocenters. The van der Waals surface area contributed by atoms with Crippen LogP contribution in [0.4, 0.5) is 0 Å². The molecule has 1 heterocycles. The van der Waals surface area contributed by atoms with E-state index in [4.69, 9.17) is 12.2 Å². The number of hydrogen-bond acceptors (Lipinski definition) is 5. The second-order valence-corrected chi connectivity index (χ2v) is 11.4. The van der Waals surface area contributed by atoms with Crippen LogP contribution in [0.5, 0.6) is 0 Å². The highest BCUT2D eigenvalue weighted by Crippen LogP contribution is 2.32. The van der Waals surface area contributed by atoms with Crippen molar-refractivity contribution >= 4 is 45.1 Å². The van der Waals surface area contributed by atoms with Gasteiger partial charge in [0.25, 0.3) is 0 Å². The molecule has 2 nitrogen and oxygen atoms in total. The van der Waals surface area contributed by atoms with E-state index in [0.717, 1.165) is 8.29 Å². The molecule has 1 N–H and O–H groups in total. The van der Waals surface area contributed by atoms with Gasteiger partial charge in [0.1, 0.15) is 0 Å². The van der Waals surface area contributed by atoms with Gasteiger partial charge >= 0.3 is 0 Å². The second kappa shape index (κ2) is 18.8. The zero-order valence-corrected chi connectivity index (χ0v) is 19.9. The Labute approximate surface area is 178 Å². The topological polar surface area (TPSA) is 28.7 Å². The third kappa shape index (κ3) is 15.5. The fourth-order valence-corrected chi connectivity index (χ4v) is 6.57. The van der Waals surface area contributed by atoms with Gasteiger partial charge < -0.3 is 0 Å². The first-order valence-electron chi connectivity index (χ1n) is 10.7. The third-order valence-electron chi connectivity index (χ3n) is 4.63. The first-order valence-corrected chi connectivity index (χ1v) is 14.2. The highest BCUT2D eigenvalue weighted by Gasteiger charge is 1.99. The van der Waals surface area contributed by atoms with E-state index in [2.05, 4.69) is 17.1 Å². The van der Waals surface area contributed by atoms with Crippen molar-refractivity contribution in [3.05, 3.63) is 3.95 Å². The van der Waals surface area contributed by atoms with Crippen LogP contribution in [0.3, 0.4) is 0 Å². The minimum Gasteiger partial charge on any atom is -0.257 e. The van der Waals surface area contributed by atoms with Crippen molar-refractivity contribution in [1.29, 1.82) is 0 Å². The number of unbranched alkanes of at least 4 members (excludes halogenated alkanes) is 15. The molecule has 0 atom stereocenters. The van der Waals surface area contributed by atoms with Gasteiger partial charge in [-0.1, -0.05) is 125 Å². The van der Waals surface area contributed by atoms with E-state index in [1.54, 1.807) is 22.1 Å². The number of aromatic nitrogens is 2. The molecule has 0 aliphatic heterocycles. The van der Waals surface area contributed by atoms with Crippen LogP contribution >= 0.6 is 45.1 Å². The Morgan fingerprint density at radius 1 is 0.769 bits per heavy atom. The van der Waals surface area contributed by atoms with E-state index in [-0.39, 0.29) is 0 Å². The average molecular weight is 435 g/mol. The zero-order chi connectivity index (χ0) is 18.7. The monoisotopic (exact) mass is 434 g/mol. The number of H-pyrrole nitrogens is 1. The first-order chi connectivity index (χ1) is 12.8. The molecule has 6 heteroatoms. The van der Waals surface area contributed by atoms with Crippen LogP contribution in [0.15, 0.2) is 4.34 Å². The van der Waals surface area contributed by atoms with E-state index >= 15 is 0 Å². The maximum atomic E-state index is 5.03. The van der Waals surface area contributed by atoms with Gasteiger partial charge in [-0.05, 0) is 29.4 Å². The predicted octanol–water partition coefficient (Wildman–Crippen LogP) is 9.20. The summed E-state index contributed by atoms with van der Waals surface area (Å²) in [7, 11) is 3.66. The van der Waals surface area contributed by atoms with Crippen LogP contribution in [-0.2, 0) is 0 Å². The van der Waals surface area contributed by atoms with E-state index in [1.165, 1.54) is 108 Å². The highest BCUT2D eigenvalue weighted by atomic mass is 33.1. The summed E-state index contributed by atoms with van der Waals surface area (Å²) in [6.45, 7) is 2.29. The van der Waals surface area contributed by atoms with Gasteiger partial charge in [-0.15, -0.1) is 0 Å². The molecular weight excluding hydrogens is 397 g/mol. The van der Waals surface area contributed by atoms with Gasteiger partial charge in [-0.25, -0.2) is 0 Å². The summed E-state index contributed by atoms with van der Waals surface area (Å²) in [5, 5.41) is 6.99. The predicted molar refractivity (Wildman–Crippen MR) is 125 cm³/mol. The molecule has 26 heavy (non-hydrogen) atoms. The lowest BCUT2D eigenvalue weighted by molar-refractivity contribution is 0.532. The minimum atomic E-state index is 0.774. The van der Waals surface area contributed by atoms with Crippen LogP contribution in [0, 0.1) is 3.95 Å². The van der Waals surface area contributed by atoms with Gasteiger partial charge in [-0.3, -0.25) is 5.10 Å². The molecule has 0 spiro atoms. The van der Waals surface area contributed by atoms with Crippen molar-refractivity contribution in [2.24, 2.45) is 0 Å². The lowest BCUT2D eigenvalue weighted by Gasteiger charge is -2.03. The number of nitrogens with zero attached hydrogens (tertiary/aromatic N) is 1. The van der Waals surface area contributed by atoms with Crippen LogP contribution in [-0.4, -0.2) is 16.0 Å². The van der Waals surface area contributed by atoms with Gasteiger partial charge in [0, 0.05) is 5.75 Å². The lowest BCUT2D eigenvalue weighted by atomic mass is 10.0. The Morgan fingerprint density at radius 3 is 1.65 bits per heavy atom. The lowest BCUT2D eigenvalue weighted by Crippen LogP contribution is -1.84. The zero-order valence-electron chi connectivity index (χ0n) is 16.6. The van der Waals surface area contributed by atoms with Crippen LogP contribution in [0.2, 0.25) is 0 Å². The van der Waals surface area contributed by atoms with Crippen molar-refractivity contribution in [3.8, 4) is 0 Å². The van der Waals surface area contributed by atoms with E-state index in [9.17, 15) is 0 Å². The number of rotatable bonds is 19. The third-order valence-corrected chi connectivity index (χ3v) is 8.46. The molecule has 1 rings (SSSR count). The van der Waals surface area contributed by atoms with Gasteiger partial charge in [0.15, 0.2) is 8.29 Å². The molecule has 0 aliphatic carbocycles. The average Bonchev–Trinajstić information content (AvgIpc) is 3.06. The molecular formula is C20H38N2S4. The van der Waals surface area contributed by atoms with Gasteiger partial charge in [0.2, 0.25) is 0 Å². The molecule has 0 aromatic carbocycles. The van der Waals surface area contributed by atoms with Crippen LogP contribution < -0.4 is 0 Å². The Bertz CT molecular complexity index is 459. The Balaban J connectivity index is 1.69. The quantitative estimate of drug-likeness (QED) is 0.133. The molecule has 0 radical (unpaired) electrons. The van der Waals surface area contributed by atoms with Crippen molar-refractivity contribution < 1.29 is 0 Å². The molecule has 0 amide bonds. The van der Waals surface area contributed by atoms with Crippen LogP contribution in [0.1, 0.15) is 110 Å². The number of hydrogen-bond donors (Lipinski definition) is 1. The molecule has 152 valence electrons. The summed E-state index contributed by atoms with van der Waals surface area (Å²) in [6, 6.07) is 0. The molecule has 1 aromatic rings. The summed E-state index contributed by atoms with van der Waals surface area (Å²) in [5.41, 5.74) is 0. The standard InChI is InChI=1S/C20H38N2S4/c1-2-3-4-5-6-7-8-9-10-11-12-13-14-15-16-17-18-24-26-20-22-21-19(23)25-20/h2-18H2,1H3,(H,21,23). The van der Waals surface area contributed by atoms with Gasteiger partial charge in [-0.2, -0.15) is 5.10 Å². The first kappa shape index (κ1) is 24.5. The van der Waals surface area contributed by atoms with E-state index in [1.807, 2.05) is 10.8 Å². The summed E-state index contributed by atoms with van der Waals surface area (Å²) >= 11 is 6.60. The summed E-state index contributed by atoms with van der Waals surface area (Å²) in [4.78, 5) is 0. The van der Waals surface area contributed by atoms with Crippen molar-refractivity contribution in [2.45, 2.75) is 114 Å². The smallest absolute Gasteiger partial charge is 0.183 e. The largest absolute Gasteiger partial charge is 0.257 e. The Kier molecular flexibility index (Phi) is 17.8. The number of nitrogens with one attached hydrogen (secondary N) is 1. The molecule has 0 saturated heterocycles. The van der Waals surface area contributed by atoms with Crippen molar-refractivity contribution in [2.75, 3.05) is 5.75 Å². The second-order valence-electron chi connectivity index (χ2n) is 7.09. The maximum Gasteiger partial charge on any atom is 0.183 e. The molecule has 1 aromatic heterocycles. The summed E-state index contributed by atoms with van der Waals surface area (Å²) in [5.74, 6) is 1.22. The van der Waals surface area contributed by atoms with Gasteiger partial charge in [0.05, 0.1) is 0 Å². The highest BCUT2D eigenvalue weighted by molar-refractivity contribution is 8.77. The molecule has 0 saturated carbocycles. The fourth-order valence-electron chi connectivity index (χ4n) is 3.05. The molecule has 0 bridgehead atoms. The van der Waals surface area contributed by atoms with Crippen molar-refractivity contribution in [3.63, 3.8) is 0 Å². The van der Waals surface area contributed by atoms with E-state index < -0.39 is 0 Å². The summed E-state index contributed by atoms with van der Waals surface area (Å²) < 4.78 is 1.83. The maximum absolute atomic E-state index is 5.03. The van der Waals surface area contributed by atoms with Crippen LogP contribution in [0.25, 0.3) is 0 Å². The van der Waals surface area contributed by atoms with Crippen molar-refractivity contribution in [1.82, 2.24) is 10.2 Å². The minimum absolute atomic E-state index is 0.774. The Morgan fingerprint density at radius 2 is 1.23 bits per heavy atom. The number of aromatic amines is 1. The molecule has 0 aliphatic rings. The SMILES string of the molecule is CCCCCCCCCCCCCCCCCCSSc1n[nH]c(=S)s1. The fraction of sp³-hybridized carbons (Fsp3) is 0.900. The Hall–Kier alpha value is 0.480. The molecule has 0 fully saturated rings. The normalized spacial score (nSPS) is 11.3. The summed E-state index contributed by atoms with van der Waals surface area (Å²) in [6.07, 6.45) is 22.9.